The monoisotopic (exact) mass is 597 g/mol. The lowest BCUT2D eigenvalue weighted by molar-refractivity contribution is -0.139. The fourth-order valence-electron chi connectivity index (χ4n) is 4.42. The van der Waals surface area contributed by atoms with E-state index in [9.17, 15) is 29.4 Å². The summed E-state index contributed by atoms with van der Waals surface area (Å²) in [6.07, 6.45) is 2.76. The van der Waals surface area contributed by atoms with Crippen LogP contribution in [0.2, 0.25) is 0 Å². The third-order valence-corrected chi connectivity index (χ3v) is 6.68. The first kappa shape index (κ1) is 29.4. The molecule has 0 fully saturated rings. The summed E-state index contributed by atoms with van der Waals surface area (Å²) in [4.78, 5) is 67.9. The Balaban J connectivity index is 1.12. The van der Waals surface area contributed by atoms with Gasteiger partial charge in [0.15, 0.2) is 11.2 Å². The van der Waals surface area contributed by atoms with E-state index in [0.29, 0.717) is 22.3 Å². The van der Waals surface area contributed by atoms with E-state index in [1.165, 1.54) is 24.4 Å². The molecule has 0 aliphatic heterocycles. The van der Waals surface area contributed by atoms with Gasteiger partial charge in [0.1, 0.15) is 17.3 Å². The molecule has 0 aliphatic rings. The number of aliphatic carboxylic acids is 1. The number of nitrogens with two attached hydrogens (primary N) is 1. The second kappa shape index (κ2) is 12.8. The number of phenols is 1. The average Bonchev–Trinajstić information content (AvgIpc) is 3.02. The maximum absolute atomic E-state index is 12.8. The zero-order chi connectivity index (χ0) is 31.2. The molecule has 44 heavy (non-hydrogen) atoms. The minimum Gasteiger partial charge on any atom is -0.506 e. The third-order valence-electron chi connectivity index (χ3n) is 6.68. The number of amides is 2. The molecule has 1 atom stereocenters. The van der Waals surface area contributed by atoms with Crippen LogP contribution in [0.3, 0.4) is 0 Å². The van der Waals surface area contributed by atoms with Crippen molar-refractivity contribution >= 4 is 51.5 Å². The van der Waals surface area contributed by atoms with Gasteiger partial charge in [-0.05, 0) is 48.4 Å². The standard InChI is InChI=1S/C29H27N9O6/c30-29-37-25-24(27(42)38-29)35-18(14-34-25)13-32-17-6-3-15(4-7-17)26(41)36-20(28(43)44)8-10-22(40)33-12-16-5-9-21(39)23-19(16)2-1-11-31-23/h1-7,9,11,14,20,32,39H,8,10,12-13H2,(H,33,40)(H,36,41)(H,43,44)(H3,30,34,37,38,42)/t20-/m0/s1. The van der Waals surface area contributed by atoms with Crippen LogP contribution < -0.4 is 27.2 Å². The summed E-state index contributed by atoms with van der Waals surface area (Å²) < 4.78 is 0. The molecule has 0 unspecified atom stereocenters. The number of nitrogens with one attached hydrogen (secondary N) is 4. The SMILES string of the molecule is Nc1nc2ncc(CNc3ccc(C(=O)N[C@@H](CCC(=O)NCc4ccc(O)c5ncccc45)C(=O)O)cc3)nc2c(=O)[nH]1. The molecule has 224 valence electrons. The molecule has 0 saturated carbocycles. The fraction of sp³-hybridized carbons (Fsp3) is 0.172. The first-order chi connectivity index (χ1) is 21.2. The van der Waals surface area contributed by atoms with E-state index >= 15 is 0 Å². The van der Waals surface area contributed by atoms with Gasteiger partial charge in [-0.15, -0.1) is 0 Å². The number of aromatic nitrogens is 5. The van der Waals surface area contributed by atoms with Crippen LogP contribution in [-0.4, -0.2) is 59.0 Å². The van der Waals surface area contributed by atoms with E-state index in [4.69, 9.17) is 5.73 Å². The van der Waals surface area contributed by atoms with Crippen molar-refractivity contribution in [2.45, 2.75) is 32.0 Å². The van der Waals surface area contributed by atoms with Crippen molar-refractivity contribution in [3.05, 3.63) is 88.1 Å². The van der Waals surface area contributed by atoms with Crippen molar-refractivity contribution in [3.63, 3.8) is 0 Å². The highest BCUT2D eigenvalue weighted by molar-refractivity contribution is 5.97. The van der Waals surface area contributed by atoms with Gasteiger partial charge in [0.05, 0.1) is 18.4 Å². The number of phenolic OH excluding ortho intramolecular Hbond substituents is 1. The van der Waals surface area contributed by atoms with Crippen molar-refractivity contribution in [2.24, 2.45) is 0 Å². The predicted molar refractivity (Wildman–Crippen MR) is 160 cm³/mol. The van der Waals surface area contributed by atoms with Crippen LogP contribution in [0.25, 0.3) is 22.1 Å². The number of H-pyrrole nitrogens is 1. The van der Waals surface area contributed by atoms with Crippen LogP contribution in [0.15, 0.2) is 65.7 Å². The van der Waals surface area contributed by atoms with Gasteiger partial charge < -0.3 is 31.9 Å². The number of nitrogens with zero attached hydrogens (tertiary/aromatic N) is 4. The number of fused-ring (bicyclic) bond motifs is 2. The highest BCUT2D eigenvalue weighted by atomic mass is 16.4. The van der Waals surface area contributed by atoms with Crippen LogP contribution in [0.1, 0.15) is 34.5 Å². The molecule has 0 saturated heterocycles. The Morgan fingerprint density at radius 2 is 1.77 bits per heavy atom. The van der Waals surface area contributed by atoms with Crippen molar-refractivity contribution in [1.82, 2.24) is 35.6 Å². The van der Waals surface area contributed by atoms with E-state index in [-0.39, 0.29) is 54.4 Å². The van der Waals surface area contributed by atoms with Gasteiger partial charge in [0.25, 0.3) is 11.5 Å². The number of aromatic hydroxyl groups is 1. The first-order valence-corrected chi connectivity index (χ1v) is 13.4. The Morgan fingerprint density at radius 1 is 0.977 bits per heavy atom. The zero-order valence-corrected chi connectivity index (χ0v) is 23.1. The van der Waals surface area contributed by atoms with Crippen molar-refractivity contribution in [1.29, 1.82) is 0 Å². The maximum atomic E-state index is 12.8. The smallest absolute Gasteiger partial charge is 0.326 e. The third kappa shape index (κ3) is 6.84. The van der Waals surface area contributed by atoms with Gasteiger partial charge >= 0.3 is 5.97 Å². The minimum atomic E-state index is -1.29. The lowest BCUT2D eigenvalue weighted by Crippen LogP contribution is -2.41. The quantitative estimate of drug-likeness (QED) is 0.114. The predicted octanol–water partition coefficient (Wildman–Crippen LogP) is 1.44. The highest BCUT2D eigenvalue weighted by Crippen LogP contribution is 2.25. The maximum Gasteiger partial charge on any atom is 0.326 e. The second-order valence-electron chi connectivity index (χ2n) is 9.74. The number of carboxylic acid groups (broad SMARTS) is 1. The van der Waals surface area contributed by atoms with E-state index < -0.39 is 29.4 Å². The van der Waals surface area contributed by atoms with Crippen LogP contribution in [-0.2, 0) is 22.7 Å². The molecule has 0 radical (unpaired) electrons. The van der Waals surface area contributed by atoms with Crippen molar-refractivity contribution in [2.75, 3.05) is 11.1 Å². The lowest BCUT2D eigenvalue weighted by Gasteiger charge is -2.15. The van der Waals surface area contributed by atoms with E-state index in [1.54, 1.807) is 36.5 Å². The van der Waals surface area contributed by atoms with Crippen molar-refractivity contribution < 1.29 is 24.6 Å². The van der Waals surface area contributed by atoms with E-state index in [2.05, 4.69) is 40.9 Å². The summed E-state index contributed by atoms with van der Waals surface area (Å²) in [5, 5.41) is 28.6. The molecule has 15 nitrogen and oxygen atoms in total. The van der Waals surface area contributed by atoms with Gasteiger partial charge in [0, 0.05) is 35.8 Å². The first-order valence-electron chi connectivity index (χ1n) is 13.4. The summed E-state index contributed by atoms with van der Waals surface area (Å²) in [6.45, 7) is 0.380. The number of rotatable bonds is 11. The number of carbonyl (C=O) groups excluding carboxylic acids is 2. The fourth-order valence-corrected chi connectivity index (χ4v) is 4.42. The molecular formula is C29H27N9O6. The van der Waals surface area contributed by atoms with E-state index in [1.807, 2.05) is 0 Å². The number of nitrogen functional groups attached to an aromatic ring is 1. The molecule has 8 N–H and O–H groups in total. The van der Waals surface area contributed by atoms with Crippen LogP contribution >= 0.6 is 0 Å². The van der Waals surface area contributed by atoms with Gasteiger partial charge in [-0.1, -0.05) is 12.1 Å². The van der Waals surface area contributed by atoms with Gasteiger partial charge in [-0.25, -0.2) is 14.8 Å². The molecule has 3 heterocycles. The lowest BCUT2D eigenvalue weighted by atomic mass is 10.1. The number of carboxylic acids is 1. The molecule has 5 rings (SSSR count). The summed E-state index contributed by atoms with van der Waals surface area (Å²) >= 11 is 0. The molecule has 2 amide bonds. The number of hydrogen-bond donors (Lipinski definition) is 7. The molecule has 0 bridgehead atoms. The number of pyridine rings is 1. The summed E-state index contributed by atoms with van der Waals surface area (Å²) in [5.41, 5.74) is 7.68. The summed E-state index contributed by atoms with van der Waals surface area (Å²) in [7, 11) is 0. The number of carbonyl (C=O) groups is 3. The average molecular weight is 598 g/mol. The summed E-state index contributed by atoms with van der Waals surface area (Å²) in [6, 6.07) is 11.7. The zero-order valence-electron chi connectivity index (χ0n) is 23.1. The van der Waals surface area contributed by atoms with Gasteiger partial charge in [-0.3, -0.25) is 24.4 Å². The normalized spacial score (nSPS) is 11.6. The van der Waals surface area contributed by atoms with E-state index in [0.717, 1.165) is 5.56 Å². The second-order valence-corrected chi connectivity index (χ2v) is 9.74. The minimum absolute atomic E-state index is 0.0286. The van der Waals surface area contributed by atoms with Crippen LogP contribution in [0.4, 0.5) is 11.6 Å². The molecule has 0 aliphatic carbocycles. The number of anilines is 2. The molecule has 2 aromatic carbocycles. The Morgan fingerprint density at radius 3 is 2.55 bits per heavy atom. The van der Waals surface area contributed by atoms with Gasteiger partial charge in [0.2, 0.25) is 11.9 Å². The number of hydrogen-bond acceptors (Lipinski definition) is 11. The Hall–Kier alpha value is -6.12. The Labute approximate surface area is 248 Å². The van der Waals surface area contributed by atoms with Crippen molar-refractivity contribution in [3.8, 4) is 5.75 Å². The van der Waals surface area contributed by atoms with Crippen LogP contribution in [0, 0.1) is 0 Å². The van der Waals surface area contributed by atoms with Crippen LogP contribution in [0.5, 0.6) is 5.75 Å². The Bertz CT molecular complexity index is 1930. The molecule has 3 aromatic heterocycles. The molecule has 15 heteroatoms. The largest absolute Gasteiger partial charge is 0.506 e. The molecular weight excluding hydrogens is 570 g/mol. The highest BCUT2D eigenvalue weighted by Gasteiger charge is 2.22. The molecule has 0 spiro atoms. The number of aromatic amines is 1. The molecule has 5 aromatic rings. The number of benzene rings is 2. The van der Waals surface area contributed by atoms with Gasteiger partial charge in [-0.2, -0.15) is 4.98 Å². The summed E-state index contributed by atoms with van der Waals surface area (Å²) in [5.74, 6) is -2.30. The Kier molecular flexibility index (Phi) is 8.55. The topological polar surface area (TPSA) is 238 Å².